The van der Waals surface area contributed by atoms with E-state index < -0.39 is 6.10 Å². The summed E-state index contributed by atoms with van der Waals surface area (Å²) in [6.07, 6.45) is -0.510. The van der Waals surface area contributed by atoms with Crippen LogP contribution < -0.4 is 0 Å². The van der Waals surface area contributed by atoms with E-state index in [1.165, 1.54) is 5.56 Å². The molecule has 0 radical (unpaired) electrons. The fourth-order valence-electron chi connectivity index (χ4n) is 2.36. The van der Waals surface area contributed by atoms with Crippen molar-refractivity contribution in [2.75, 3.05) is 13.1 Å². The van der Waals surface area contributed by atoms with Crippen molar-refractivity contribution in [3.05, 3.63) is 41.2 Å². The fourth-order valence-corrected chi connectivity index (χ4v) is 2.36. The third kappa shape index (κ3) is 4.11. The predicted molar refractivity (Wildman–Crippen MR) is 85.3 cm³/mol. The molecule has 0 saturated carbocycles. The van der Waals surface area contributed by atoms with Gasteiger partial charge in [0.25, 0.3) is 0 Å². The van der Waals surface area contributed by atoms with Crippen LogP contribution in [0.5, 0.6) is 0 Å². The van der Waals surface area contributed by atoms with E-state index >= 15 is 0 Å². The molecule has 0 fully saturated rings. The Morgan fingerprint density at radius 1 is 1.23 bits per heavy atom. The second-order valence-corrected chi connectivity index (χ2v) is 5.89. The zero-order chi connectivity index (χ0) is 16.1. The quantitative estimate of drug-likeness (QED) is 0.848. The summed E-state index contributed by atoms with van der Waals surface area (Å²) < 4.78 is 1.82. The number of aryl methyl sites for hydroxylation is 1. The van der Waals surface area contributed by atoms with Crippen LogP contribution in [0.1, 0.15) is 49.9 Å². The molecule has 0 spiro atoms. The van der Waals surface area contributed by atoms with Gasteiger partial charge in [-0.15, -0.1) is 5.10 Å². The summed E-state index contributed by atoms with van der Waals surface area (Å²) in [5.41, 5.74) is 2.13. The second kappa shape index (κ2) is 7.47. The average Bonchev–Trinajstić information content (AvgIpc) is 2.95. The van der Waals surface area contributed by atoms with Gasteiger partial charge < -0.3 is 5.11 Å². The van der Waals surface area contributed by atoms with Gasteiger partial charge in [0.05, 0.1) is 18.7 Å². The molecular formula is C16H25N5O. The molecule has 0 amide bonds. The molecule has 0 aliphatic carbocycles. The van der Waals surface area contributed by atoms with Crippen molar-refractivity contribution in [3.8, 4) is 0 Å². The highest BCUT2D eigenvalue weighted by molar-refractivity contribution is 5.23. The Labute approximate surface area is 131 Å². The molecule has 6 heteroatoms. The predicted octanol–water partition coefficient (Wildman–Crippen LogP) is 2.12. The van der Waals surface area contributed by atoms with E-state index in [-0.39, 0.29) is 6.04 Å². The topological polar surface area (TPSA) is 67.1 Å². The van der Waals surface area contributed by atoms with Crippen molar-refractivity contribution in [1.82, 2.24) is 25.1 Å². The lowest BCUT2D eigenvalue weighted by molar-refractivity contribution is 0.109. The Morgan fingerprint density at radius 2 is 1.91 bits per heavy atom. The minimum absolute atomic E-state index is 0.228. The maximum Gasteiger partial charge on any atom is 0.165 e. The molecule has 0 saturated heterocycles. The smallest absolute Gasteiger partial charge is 0.165 e. The fraction of sp³-hybridized carbons (Fsp3) is 0.562. The number of likely N-dealkylation sites (N-methyl/N-ethyl adjacent to an activating group) is 1. The maximum absolute atomic E-state index is 10.4. The minimum Gasteiger partial charge on any atom is -0.387 e. The Hall–Kier alpha value is -1.79. The van der Waals surface area contributed by atoms with Crippen LogP contribution >= 0.6 is 0 Å². The standard InChI is InChI=1S/C16H25N5O/c1-5-20(11-16-17-18-19-21(16)12(2)3)10-15(22)14-8-6-13(4)7-9-14/h6-9,12,15,22H,5,10-11H2,1-4H3. The van der Waals surface area contributed by atoms with Crippen LogP contribution in [-0.2, 0) is 6.54 Å². The molecule has 1 aromatic carbocycles. The number of tetrazole rings is 1. The van der Waals surface area contributed by atoms with E-state index in [1.54, 1.807) is 0 Å². The summed E-state index contributed by atoms with van der Waals surface area (Å²) in [5.74, 6) is 0.827. The Morgan fingerprint density at radius 3 is 2.50 bits per heavy atom. The van der Waals surface area contributed by atoms with Crippen LogP contribution in [-0.4, -0.2) is 43.3 Å². The van der Waals surface area contributed by atoms with E-state index in [2.05, 4.69) is 41.2 Å². The van der Waals surface area contributed by atoms with Crippen molar-refractivity contribution in [2.24, 2.45) is 0 Å². The first kappa shape index (κ1) is 16.6. The highest BCUT2D eigenvalue weighted by Gasteiger charge is 2.16. The molecule has 6 nitrogen and oxygen atoms in total. The van der Waals surface area contributed by atoms with Crippen LogP contribution in [0.2, 0.25) is 0 Å². The molecule has 1 heterocycles. The number of benzene rings is 1. The van der Waals surface area contributed by atoms with Gasteiger partial charge in [-0.3, -0.25) is 4.90 Å². The van der Waals surface area contributed by atoms with Crippen LogP contribution in [0.15, 0.2) is 24.3 Å². The Balaban J connectivity index is 2.02. The molecule has 2 aromatic rings. The van der Waals surface area contributed by atoms with Gasteiger partial charge in [0.2, 0.25) is 0 Å². The normalized spacial score (nSPS) is 13.0. The minimum atomic E-state index is -0.510. The monoisotopic (exact) mass is 303 g/mol. The highest BCUT2D eigenvalue weighted by Crippen LogP contribution is 2.16. The average molecular weight is 303 g/mol. The lowest BCUT2D eigenvalue weighted by atomic mass is 10.1. The Bertz CT molecular complexity index is 578. The van der Waals surface area contributed by atoms with Gasteiger partial charge in [0, 0.05) is 6.54 Å². The first-order chi connectivity index (χ1) is 10.5. The number of hydrogen-bond donors (Lipinski definition) is 1. The van der Waals surface area contributed by atoms with E-state index in [0.717, 1.165) is 17.9 Å². The molecule has 1 atom stereocenters. The van der Waals surface area contributed by atoms with Crippen molar-refractivity contribution in [2.45, 2.75) is 46.4 Å². The highest BCUT2D eigenvalue weighted by atomic mass is 16.3. The first-order valence-electron chi connectivity index (χ1n) is 7.75. The number of hydrogen-bond acceptors (Lipinski definition) is 5. The summed E-state index contributed by atoms with van der Waals surface area (Å²) in [6.45, 7) is 10.2. The van der Waals surface area contributed by atoms with E-state index in [9.17, 15) is 5.11 Å². The van der Waals surface area contributed by atoms with Gasteiger partial charge in [-0.25, -0.2) is 4.68 Å². The first-order valence-corrected chi connectivity index (χ1v) is 7.75. The van der Waals surface area contributed by atoms with E-state index in [4.69, 9.17) is 0 Å². The van der Waals surface area contributed by atoms with Gasteiger partial charge in [0.1, 0.15) is 0 Å². The molecule has 1 N–H and O–H groups in total. The van der Waals surface area contributed by atoms with Gasteiger partial charge in [-0.05, 0) is 43.3 Å². The molecule has 22 heavy (non-hydrogen) atoms. The third-order valence-electron chi connectivity index (χ3n) is 3.76. The number of aliphatic hydroxyl groups is 1. The van der Waals surface area contributed by atoms with Crippen molar-refractivity contribution in [1.29, 1.82) is 0 Å². The van der Waals surface area contributed by atoms with Crippen LogP contribution in [0.25, 0.3) is 0 Å². The number of aromatic nitrogens is 4. The van der Waals surface area contributed by atoms with Crippen LogP contribution in [0.3, 0.4) is 0 Å². The summed E-state index contributed by atoms with van der Waals surface area (Å²) >= 11 is 0. The number of aliphatic hydroxyl groups excluding tert-OH is 1. The van der Waals surface area contributed by atoms with Gasteiger partial charge >= 0.3 is 0 Å². The maximum atomic E-state index is 10.4. The second-order valence-electron chi connectivity index (χ2n) is 5.89. The summed E-state index contributed by atoms with van der Waals surface area (Å²) in [7, 11) is 0. The molecule has 0 aliphatic heterocycles. The van der Waals surface area contributed by atoms with Crippen LogP contribution in [0.4, 0.5) is 0 Å². The van der Waals surface area contributed by atoms with Crippen LogP contribution in [0, 0.1) is 6.92 Å². The molecule has 0 bridgehead atoms. The summed E-state index contributed by atoms with van der Waals surface area (Å²) in [4.78, 5) is 2.15. The molecule has 0 aliphatic rings. The molecule has 120 valence electrons. The number of nitrogens with zero attached hydrogens (tertiary/aromatic N) is 5. The van der Waals surface area contributed by atoms with Crippen molar-refractivity contribution < 1.29 is 5.11 Å². The van der Waals surface area contributed by atoms with Gasteiger partial charge in [0.15, 0.2) is 5.82 Å². The largest absolute Gasteiger partial charge is 0.387 e. The molecule has 1 unspecified atom stereocenters. The van der Waals surface area contributed by atoms with Gasteiger partial charge in [-0.2, -0.15) is 0 Å². The molecule has 2 rings (SSSR count). The van der Waals surface area contributed by atoms with Crippen molar-refractivity contribution >= 4 is 0 Å². The lowest BCUT2D eigenvalue weighted by Crippen LogP contribution is -2.30. The third-order valence-corrected chi connectivity index (χ3v) is 3.76. The van der Waals surface area contributed by atoms with Crippen molar-refractivity contribution in [3.63, 3.8) is 0 Å². The molecule has 1 aromatic heterocycles. The van der Waals surface area contributed by atoms with E-state index in [1.807, 2.05) is 35.9 Å². The molecular weight excluding hydrogens is 278 g/mol. The van der Waals surface area contributed by atoms with Gasteiger partial charge in [-0.1, -0.05) is 36.8 Å². The Kier molecular flexibility index (Phi) is 5.63. The summed E-state index contributed by atoms with van der Waals surface area (Å²) in [5, 5.41) is 22.3. The number of rotatable bonds is 7. The lowest BCUT2D eigenvalue weighted by Gasteiger charge is -2.23. The zero-order valence-corrected chi connectivity index (χ0v) is 13.8. The zero-order valence-electron chi connectivity index (χ0n) is 13.8. The summed E-state index contributed by atoms with van der Waals surface area (Å²) in [6, 6.07) is 8.23. The van der Waals surface area contributed by atoms with E-state index in [0.29, 0.717) is 13.1 Å². The SMILES string of the molecule is CCN(Cc1nnnn1C(C)C)CC(O)c1ccc(C)cc1.